The standard InChI is InChI=1S/C25H28N2O4S/c28-17-18-31-24-8-4-5-21(19-24)20-26-13-15-27(16-14-26)32(29,30)25-11-9-23(10-12-25)22-6-2-1-3-7-22/h1-12,19,28H,13-18,20H2. The van der Waals surface area contributed by atoms with Crippen molar-refractivity contribution in [3.05, 3.63) is 84.4 Å². The molecule has 0 atom stereocenters. The van der Waals surface area contributed by atoms with E-state index in [1.54, 1.807) is 16.4 Å². The Kier molecular flexibility index (Phi) is 7.22. The Morgan fingerprint density at radius 1 is 0.812 bits per heavy atom. The van der Waals surface area contributed by atoms with Crippen molar-refractivity contribution in [2.45, 2.75) is 11.4 Å². The summed E-state index contributed by atoms with van der Waals surface area (Å²) in [5.74, 6) is 0.733. The van der Waals surface area contributed by atoms with Crippen LogP contribution in [0.5, 0.6) is 5.75 Å². The number of rotatable bonds is 8. The fourth-order valence-corrected chi connectivity index (χ4v) is 5.30. The molecule has 1 heterocycles. The smallest absolute Gasteiger partial charge is 0.243 e. The molecule has 1 aliphatic rings. The normalized spacial score (nSPS) is 15.5. The van der Waals surface area contributed by atoms with Gasteiger partial charge in [0.15, 0.2) is 0 Å². The Morgan fingerprint density at radius 2 is 1.50 bits per heavy atom. The Balaban J connectivity index is 1.36. The number of hydrogen-bond donors (Lipinski definition) is 1. The number of ether oxygens (including phenoxy) is 1. The zero-order valence-corrected chi connectivity index (χ0v) is 18.7. The number of piperazine rings is 1. The average molecular weight is 453 g/mol. The molecule has 7 heteroatoms. The van der Waals surface area contributed by atoms with Crippen molar-refractivity contribution < 1.29 is 18.3 Å². The number of nitrogens with zero attached hydrogens (tertiary/aromatic N) is 2. The Hall–Kier alpha value is -2.71. The maximum absolute atomic E-state index is 13.1. The highest BCUT2D eigenvalue weighted by molar-refractivity contribution is 7.89. The second-order valence-electron chi connectivity index (χ2n) is 7.79. The van der Waals surface area contributed by atoms with Crippen LogP contribution in [0.4, 0.5) is 0 Å². The van der Waals surface area contributed by atoms with Gasteiger partial charge in [-0.3, -0.25) is 4.90 Å². The second-order valence-corrected chi connectivity index (χ2v) is 9.73. The van der Waals surface area contributed by atoms with Gasteiger partial charge in [-0.15, -0.1) is 0 Å². The molecular weight excluding hydrogens is 424 g/mol. The number of benzene rings is 3. The molecule has 0 amide bonds. The van der Waals surface area contributed by atoms with Crippen molar-refractivity contribution in [3.8, 4) is 16.9 Å². The predicted octanol–water partition coefficient (Wildman–Crippen LogP) is 3.23. The maximum Gasteiger partial charge on any atom is 0.243 e. The van der Waals surface area contributed by atoms with Crippen LogP contribution in [-0.4, -0.2) is 62.1 Å². The van der Waals surface area contributed by atoms with E-state index in [0.717, 1.165) is 29.0 Å². The van der Waals surface area contributed by atoms with E-state index in [0.29, 0.717) is 31.1 Å². The molecule has 1 saturated heterocycles. The molecule has 0 aliphatic carbocycles. The molecule has 0 saturated carbocycles. The number of aliphatic hydroxyl groups excluding tert-OH is 1. The Bertz CT molecular complexity index is 1110. The van der Waals surface area contributed by atoms with Crippen molar-refractivity contribution in [2.75, 3.05) is 39.4 Å². The molecule has 32 heavy (non-hydrogen) atoms. The lowest BCUT2D eigenvalue weighted by molar-refractivity contribution is 0.181. The lowest BCUT2D eigenvalue weighted by Crippen LogP contribution is -2.48. The van der Waals surface area contributed by atoms with Gasteiger partial charge in [-0.05, 0) is 41.0 Å². The summed E-state index contributed by atoms with van der Waals surface area (Å²) in [4.78, 5) is 2.58. The largest absolute Gasteiger partial charge is 0.491 e. The first-order valence-corrected chi connectivity index (χ1v) is 12.2. The highest BCUT2D eigenvalue weighted by atomic mass is 32.2. The van der Waals surface area contributed by atoms with Crippen molar-refractivity contribution >= 4 is 10.0 Å². The van der Waals surface area contributed by atoms with Crippen LogP contribution in [0.1, 0.15) is 5.56 Å². The van der Waals surface area contributed by atoms with Crippen LogP contribution in [0.2, 0.25) is 0 Å². The zero-order valence-electron chi connectivity index (χ0n) is 17.9. The lowest BCUT2D eigenvalue weighted by atomic mass is 10.1. The van der Waals surface area contributed by atoms with Crippen LogP contribution in [0, 0.1) is 0 Å². The fraction of sp³-hybridized carbons (Fsp3) is 0.280. The summed E-state index contributed by atoms with van der Waals surface area (Å²) in [7, 11) is -3.51. The van der Waals surface area contributed by atoms with Crippen molar-refractivity contribution in [3.63, 3.8) is 0 Å². The fourth-order valence-electron chi connectivity index (χ4n) is 3.88. The summed E-state index contributed by atoms with van der Waals surface area (Å²) in [5, 5.41) is 8.91. The van der Waals surface area contributed by atoms with E-state index in [-0.39, 0.29) is 13.2 Å². The molecular formula is C25H28N2O4S. The minimum Gasteiger partial charge on any atom is -0.491 e. The predicted molar refractivity (Wildman–Crippen MR) is 125 cm³/mol. The van der Waals surface area contributed by atoms with Crippen LogP contribution in [-0.2, 0) is 16.6 Å². The monoisotopic (exact) mass is 452 g/mol. The molecule has 0 aromatic heterocycles. The molecule has 4 rings (SSSR count). The van der Waals surface area contributed by atoms with Crippen molar-refractivity contribution in [2.24, 2.45) is 0 Å². The summed E-state index contributed by atoms with van der Waals surface area (Å²) < 4.78 is 33.3. The summed E-state index contributed by atoms with van der Waals surface area (Å²) in [6, 6.07) is 24.8. The van der Waals surface area contributed by atoms with Gasteiger partial charge in [0.05, 0.1) is 11.5 Å². The number of aliphatic hydroxyl groups is 1. The zero-order chi connectivity index (χ0) is 22.4. The van der Waals surface area contributed by atoms with Gasteiger partial charge in [0.1, 0.15) is 12.4 Å². The first-order chi connectivity index (χ1) is 15.6. The topological polar surface area (TPSA) is 70.1 Å². The Labute approximate surface area is 189 Å². The van der Waals surface area contributed by atoms with Gasteiger partial charge in [-0.25, -0.2) is 8.42 Å². The van der Waals surface area contributed by atoms with Gasteiger partial charge in [-0.1, -0.05) is 54.6 Å². The SMILES string of the molecule is O=S(=O)(c1ccc(-c2ccccc2)cc1)N1CCN(Cc2cccc(OCCO)c2)CC1. The number of hydrogen-bond acceptors (Lipinski definition) is 5. The summed E-state index contributed by atoms with van der Waals surface area (Å²) in [5.41, 5.74) is 3.17. The van der Waals surface area contributed by atoms with E-state index >= 15 is 0 Å². The molecule has 6 nitrogen and oxygen atoms in total. The van der Waals surface area contributed by atoms with Gasteiger partial charge in [0, 0.05) is 32.7 Å². The molecule has 0 spiro atoms. The molecule has 0 bridgehead atoms. The van der Waals surface area contributed by atoms with Crippen LogP contribution in [0.15, 0.2) is 83.8 Å². The van der Waals surface area contributed by atoms with Crippen LogP contribution >= 0.6 is 0 Å². The lowest BCUT2D eigenvalue weighted by Gasteiger charge is -2.34. The molecule has 1 N–H and O–H groups in total. The third-order valence-corrected chi connectivity index (χ3v) is 7.51. The van der Waals surface area contributed by atoms with Gasteiger partial charge >= 0.3 is 0 Å². The summed E-state index contributed by atoms with van der Waals surface area (Å²) in [6.45, 7) is 3.25. The van der Waals surface area contributed by atoms with E-state index < -0.39 is 10.0 Å². The first-order valence-electron chi connectivity index (χ1n) is 10.8. The van der Waals surface area contributed by atoms with Gasteiger partial charge < -0.3 is 9.84 Å². The van der Waals surface area contributed by atoms with E-state index in [2.05, 4.69) is 4.90 Å². The quantitative estimate of drug-likeness (QED) is 0.568. The van der Waals surface area contributed by atoms with Gasteiger partial charge in [0.25, 0.3) is 0 Å². The minimum atomic E-state index is -3.51. The number of sulfonamides is 1. The third-order valence-electron chi connectivity index (χ3n) is 5.60. The van der Waals surface area contributed by atoms with Gasteiger partial charge in [0.2, 0.25) is 10.0 Å². The highest BCUT2D eigenvalue weighted by Gasteiger charge is 2.28. The molecule has 168 valence electrons. The van der Waals surface area contributed by atoms with E-state index in [9.17, 15) is 8.42 Å². The Morgan fingerprint density at radius 3 is 2.19 bits per heavy atom. The molecule has 1 fully saturated rings. The van der Waals surface area contributed by atoms with Crippen molar-refractivity contribution in [1.29, 1.82) is 0 Å². The van der Waals surface area contributed by atoms with Gasteiger partial charge in [-0.2, -0.15) is 4.31 Å². The maximum atomic E-state index is 13.1. The average Bonchev–Trinajstić information content (AvgIpc) is 2.84. The van der Waals surface area contributed by atoms with Crippen LogP contribution < -0.4 is 4.74 Å². The minimum absolute atomic E-state index is 0.0182. The summed E-state index contributed by atoms with van der Waals surface area (Å²) in [6.07, 6.45) is 0. The van der Waals surface area contributed by atoms with E-state index in [1.807, 2.05) is 66.7 Å². The molecule has 1 aliphatic heterocycles. The molecule has 3 aromatic rings. The summed E-state index contributed by atoms with van der Waals surface area (Å²) >= 11 is 0. The second kappa shape index (κ2) is 10.3. The molecule has 0 unspecified atom stereocenters. The van der Waals surface area contributed by atoms with E-state index in [4.69, 9.17) is 9.84 Å². The van der Waals surface area contributed by atoms with Crippen molar-refractivity contribution in [1.82, 2.24) is 9.21 Å². The van der Waals surface area contributed by atoms with E-state index in [1.165, 1.54) is 0 Å². The molecule has 0 radical (unpaired) electrons. The third kappa shape index (κ3) is 5.37. The highest BCUT2D eigenvalue weighted by Crippen LogP contribution is 2.24. The van der Waals surface area contributed by atoms with Crippen LogP contribution in [0.3, 0.4) is 0 Å². The molecule has 3 aromatic carbocycles. The first kappa shape index (κ1) is 22.5. The van der Waals surface area contributed by atoms with Crippen LogP contribution in [0.25, 0.3) is 11.1 Å².